The van der Waals surface area contributed by atoms with E-state index >= 15 is 0 Å². The second kappa shape index (κ2) is 5.34. The minimum absolute atomic E-state index is 0.0268. The summed E-state index contributed by atoms with van der Waals surface area (Å²) in [5, 5.41) is 1.32. The van der Waals surface area contributed by atoms with Gasteiger partial charge in [-0.25, -0.2) is 10.9 Å². The zero-order valence-corrected chi connectivity index (χ0v) is 12.4. The molecule has 0 fully saturated rings. The van der Waals surface area contributed by atoms with Gasteiger partial charge in [-0.1, -0.05) is 56.3 Å². The fourth-order valence-electron chi connectivity index (χ4n) is 3.08. The molecule has 0 saturated carbocycles. The maximum Gasteiger partial charge on any atom is 0.248 e. The molecular weight excluding hydrogens is 260 g/mol. The van der Waals surface area contributed by atoms with Crippen molar-refractivity contribution in [2.45, 2.75) is 26.2 Å². The fourth-order valence-corrected chi connectivity index (χ4v) is 3.08. The summed E-state index contributed by atoms with van der Waals surface area (Å²) in [4.78, 5) is 12.8. The quantitative estimate of drug-likeness (QED) is 0.673. The molecule has 0 aliphatic carbocycles. The number of hydrogen-bond acceptors (Lipinski definition) is 2. The topological polar surface area (TPSA) is 46.3 Å². The fraction of sp³-hybridized carbons (Fsp3) is 0.278. The van der Waals surface area contributed by atoms with Crippen molar-refractivity contribution >= 4 is 11.6 Å². The zero-order valence-electron chi connectivity index (χ0n) is 12.4. The van der Waals surface area contributed by atoms with Gasteiger partial charge in [0.15, 0.2) is 0 Å². The van der Waals surface area contributed by atoms with Gasteiger partial charge in [0, 0.05) is 5.56 Å². The third-order valence-electron chi connectivity index (χ3n) is 4.03. The normalized spacial score (nSPS) is 17.4. The molecule has 1 heterocycles. The Bertz CT molecular complexity index is 678. The van der Waals surface area contributed by atoms with Gasteiger partial charge in [0.25, 0.3) is 0 Å². The molecule has 0 bridgehead atoms. The predicted molar refractivity (Wildman–Crippen MR) is 85.7 cm³/mol. The third-order valence-corrected chi connectivity index (χ3v) is 4.03. The average Bonchev–Trinajstić information content (AvgIpc) is 2.58. The molecule has 1 unspecified atom stereocenters. The number of para-hydroxylation sites is 1. The van der Waals surface area contributed by atoms with Crippen LogP contribution < -0.4 is 10.9 Å². The summed E-state index contributed by atoms with van der Waals surface area (Å²) < 4.78 is 0. The molecule has 2 aromatic carbocycles. The molecule has 21 heavy (non-hydrogen) atoms. The summed E-state index contributed by atoms with van der Waals surface area (Å²) in [5.41, 5.74) is 3.99. The van der Waals surface area contributed by atoms with Crippen molar-refractivity contribution in [1.29, 1.82) is 0 Å². The first-order chi connectivity index (χ1) is 10.1. The van der Waals surface area contributed by atoms with Gasteiger partial charge in [-0.3, -0.25) is 4.79 Å². The van der Waals surface area contributed by atoms with E-state index in [2.05, 4.69) is 26.0 Å². The lowest BCUT2D eigenvalue weighted by Crippen LogP contribution is -2.40. The van der Waals surface area contributed by atoms with Gasteiger partial charge in [-0.2, -0.15) is 0 Å². The number of amides is 1. The van der Waals surface area contributed by atoms with Crippen molar-refractivity contribution < 1.29 is 4.79 Å². The molecule has 2 N–H and O–H groups in total. The van der Waals surface area contributed by atoms with E-state index in [1.54, 1.807) is 0 Å². The SMILES string of the molecule is CC(C)CC1C(=O)N(N)c2ccccc2-c2ccccc21. The van der Waals surface area contributed by atoms with Crippen LogP contribution in [0.3, 0.4) is 0 Å². The van der Waals surface area contributed by atoms with Crippen LogP contribution >= 0.6 is 0 Å². The van der Waals surface area contributed by atoms with E-state index in [0.717, 1.165) is 28.8 Å². The summed E-state index contributed by atoms with van der Waals surface area (Å²) >= 11 is 0. The zero-order chi connectivity index (χ0) is 15.0. The first-order valence-corrected chi connectivity index (χ1v) is 7.36. The molecule has 3 heteroatoms. The van der Waals surface area contributed by atoms with Gasteiger partial charge < -0.3 is 0 Å². The molecule has 2 aromatic rings. The van der Waals surface area contributed by atoms with Gasteiger partial charge in [0.05, 0.1) is 11.6 Å². The molecular formula is C18H20N2O. The molecule has 1 atom stereocenters. The number of fused-ring (bicyclic) bond motifs is 3. The molecule has 0 saturated heterocycles. The Kier molecular flexibility index (Phi) is 3.52. The van der Waals surface area contributed by atoms with Crippen LogP contribution in [-0.4, -0.2) is 5.91 Å². The molecule has 0 aromatic heterocycles. The van der Waals surface area contributed by atoms with Crippen molar-refractivity contribution in [2.75, 3.05) is 5.01 Å². The molecule has 3 nitrogen and oxygen atoms in total. The largest absolute Gasteiger partial charge is 0.272 e. The molecule has 0 spiro atoms. The van der Waals surface area contributed by atoms with Crippen LogP contribution in [-0.2, 0) is 4.79 Å². The minimum atomic E-state index is -0.182. The number of nitrogens with zero attached hydrogens (tertiary/aromatic N) is 1. The van der Waals surface area contributed by atoms with E-state index in [-0.39, 0.29) is 11.8 Å². The Balaban J connectivity index is 2.24. The molecule has 1 aliphatic heterocycles. The minimum Gasteiger partial charge on any atom is -0.272 e. The lowest BCUT2D eigenvalue weighted by atomic mass is 9.86. The average molecular weight is 280 g/mol. The number of rotatable bonds is 2. The number of nitrogens with two attached hydrogens (primary N) is 1. The lowest BCUT2D eigenvalue weighted by molar-refractivity contribution is -0.120. The predicted octanol–water partition coefficient (Wildman–Crippen LogP) is 3.70. The number of anilines is 1. The van der Waals surface area contributed by atoms with E-state index < -0.39 is 0 Å². The van der Waals surface area contributed by atoms with Crippen LogP contribution in [0.25, 0.3) is 11.1 Å². The van der Waals surface area contributed by atoms with Crippen LogP contribution in [0.1, 0.15) is 31.7 Å². The second-order valence-electron chi connectivity index (χ2n) is 5.99. The summed E-state index contributed by atoms with van der Waals surface area (Å²) in [6, 6.07) is 16.0. The standard InChI is InChI=1S/C18H20N2O/c1-12(2)11-16-14-8-4-3-7-13(14)15-9-5-6-10-17(15)20(19)18(16)21/h3-10,12,16H,11,19H2,1-2H3. The Labute approximate surface area is 125 Å². The number of carbonyl (C=O) groups is 1. The van der Waals surface area contributed by atoms with E-state index in [9.17, 15) is 4.79 Å². The Morgan fingerprint density at radius 2 is 1.67 bits per heavy atom. The van der Waals surface area contributed by atoms with E-state index in [1.807, 2.05) is 36.4 Å². The summed E-state index contributed by atoms with van der Waals surface area (Å²) in [7, 11) is 0. The lowest BCUT2D eigenvalue weighted by Gasteiger charge is -2.22. The molecule has 0 radical (unpaired) electrons. The smallest absolute Gasteiger partial charge is 0.248 e. The van der Waals surface area contributed by atoms with Crippen molar-refractivity contribution in [3.8, 4) is 11.1 Å². The van der Waals surface area contributed by atoms with Gasteiger partial charge >= 0.3 is 0 Å². The first kappa shape index (κ1) is 13.8. The number of hydrazine groups is 1. The molecule has 3 rings (SSSR count). The Hall–Kier alpha value is -2.13. The molecule has 108 valence electrons. The van der Waals surface area contributed by atoms with Crippen LogP contribution in [0, 0.1) is 5.92 Å². The van der Waals surface area contributed by atoms with Crippen molar-refractivity contribution in [1.82, 2.24) is 0 Å². The highest BCUT2D eigenvalue weighted by Gasteiger charge is 2.32. The highest BCUT2D eigenvalue weighted by atomic mass is 16.2. The number of carbonyl (C=O) groups excluding carboxylic acids is 1. The van der Waals surface area contributed by atoms with Gasteiger partial charge in [0.2, 0.25) is 5.91 Å². The molecule has 1 aliphatic rings. The summed E-state index contributed by atoms with van der Waals surface area (Å²) in [5.74, 6) is 6.34. The highest BCUT2D eigenvalue weighted by Crippen LogP contribution is 2.41. The Morgan fingerprint density at radius 3 is 2.38 bits per heavy atom. The van der Waals surface area contributed by atoms with Crippen LogP contribution in [0.4, 0.5) is 5.69 Å². The van der Waals surface area contributed by atoms with Crippen molar-refractivity contribution in [3.63, 3.8) is 0 Å². The van der Waals surface area contributed by atoms with Crippen molar-refractivity contribution in [3.05, 3.63) is 54.1 Å². The van der Waals surface area contributed by atoms with Crippen molar-refractivity contribution in [2.24, 2.45) is 11.8 Å². The van der Waals surface area contributed by atoms with Gasteiger partial charge in [0.1, 0.15) is 0 Å². The first-order valence-electron chi connectivity index (χ1n) is 7.36. The summed E-state index contributed by atoms with van der Waals surface area (Å²) in [6.07, 6.45) is 0.803. The molecule has 1 amide bonds. The van der Waals surface area contributed by atoms with Crippen LogP contribution in [0.15, 0.2) is 48.5 Å². The maximum atomic E-state index is 12.8. The number of benzene rings is 2. The monoisotopic (exact) mass is 280 g/mol. The van der Waals surface area contributed by atoms with E-state index in [4.69, 9.17) is 5.84 Å². The summed E-state index contributed by atoms with van der Waals surface area (Å²) in [6.45, 7) is 4.27. The van der Waals surface area contributed by atoms with E-state index in [0.29, 0.717) is 5.92 Å². The van der Waals surface area contributed by atoms with Gasteiger partial charge in [-0.05, 0) is 29.5 Å². The third kappa shape index (κ3) is 2.34. The highest BCUT2D eigenvalue weighted by molar-refractivity contribution is 6.04. The number of hydrogen-bond donors (Lipinski definition) is 1. The van der Waals surface area contributed by atoms with Gasteiger partial charge in [-0.15, -0.1) is 0 Å². The van der Waals surface area contributed by atoms with E-state index in [1.165, 1.54) is 5.01 Å². The Morgan fingerprint density at radius 1 is 1.05 bits per heavy atom. The second-order valence-corrected chi connectivity index (χ2v) is 5.99. The van der Waals surface area contributed by atoms with Crippen LogP contribution in [0.5, 0.6) is 0 Å². The maximum absolute atomic E-state index is 12.8. The van der Waals surface area contributed by atoms with Crippen LogP contribution in [0.2, 0.25) is 0 Å².